The third-order valence-electron chi connectivity index (χ3n) is 6.93. The first kappa shape index (κ1) is 21.0. The maximum atomic E-state index is 12.3. The molecule has 4 bridgehead atoms. The van der Waals surface area contributed by atoms with Crippen LogP contribution in [0.3, 0.4) is 0 Å². The van der Waals surface area contributed by atoms with Crippen molar-refractivity contribution in [3.05, 3.63) is 52.2 Å². The molecular formula is C24H24Cl2N2O2S. The fraction of sp³-hybridized carbons (Fsp3) is 0.417. The molecule has 0 unspecified atom stereocenters. The van der Waals surface area contributed by atoms with Gasteiger partial charge in [-0.2, -0.15) is 0 Å². The van der Waals surface area contributed by atoms with Gasteiger partial charge in [0.2, 0.25) is 5.91 Å². The number of halogens is 2. The zero-order chi connectivity index (χ0) is 21.5. The van der Waals surface area contributed by atoms with Gasteiger partial charge in [0.15, 0.2) is 5.11 Å². The Morgan fingerprint density at radius 3 is 2.29 bits per heavy atom. The number of carbonyl (C=O) groups is 1. The lowest BCUT2D eigenvalue weighted by molar-refractivity contribution is -0.115. The maximum absolute atomic E-state index is 12.3. The second kappa shape index (κ2) is 8.61. The molecule has 1 aromatic heterocycles. The number of carbonyl (C=O) groups excluding carboxylic acids is 1. The van der Waals surface area contributed by atoms with Gasteiger partial charge in [0, 0.05) is 27.7 Å². The van der Waals surface area contributed by atoms with Crippen molar-refractivity contribution in [3.8, 4) is 11.3 Å². The fourth-order valence-corrected chi connectivity index (χ4v) is 6.72. The summed E-state index contributed by atoms with van der Waals surface area (Å²) in [5, 5.41) is 7.72. The average Bonchev–Trinajstić information content (AvgIpc) is 3.17. The third-order valence-corrected chi connectivity index (χ3v) is 7.59. The zero-order valence-electron chi connectivity index (χ0n) is 16.9. The molecule has 0 spiro atoms. The minimum absolute atomic E-state index is 0.273. The smallest absolute Gasteiger partial charge is 0.250 e. The van der Waals surface area contributed by atoms with Crippen molar-refractivity contribution in [2.24, 2.45) is 23.7 Å². The van der Waals surface area contributed by atoms with Gasteiger partial charge in [0.25, 0.3) is 0 Å². The number of hydrogen-bond donors (Lipinski definition) is 2. The average molecular weight is 475 g/mol. The van der Waals surface area contributed by atoms with E-state index in [9.17, 15) is 4.79 Å². The first-order valence-corrected chi connectivity index (χ1v) is 11.9. The summed E-state index contributed by atoms with van der Waals surface area (Å²) in [5.41, 5.74) is 0.780. The van der Waals surface area contributed by atoms with Gasteiger partial charge < -0.3 is 9.73 Å². The minimum Gasteiger partial charge on any atom is -0.457 e. The molecule has 4 aliphatic rings. The fourth-order valence-electron chi connectivity index (χ4n) is 5.95. The van der Waals surface area contributed by atoms with Gasteiger partial charge in [-0.25, -0.2) is 0 Å². The van der Waals surface area contributed by atoms with Crippen molar-refractivity contribution in [3.63, 3.8) is 0 Å². The van der Waals surface area contributed by atoms with E-state index in [1.54, 1.807) is 30.3 Å². The van der Waals surface area contributed by atoms with Gasteiger partial charge in [-0.3, -0.25) is 10.1 Å². The van der Waals surface area contributed by atoms with Crippen molar-refractivity contribution in [2.75, 3.05) is 0 Å². The van der Waals surface area contributed by atoms with E-state index in [2.05, 4.69) is 10.6 Å². The van der Waals surface area contributed by atoms with E-state index in [-0.39, 0.29) is 5.91 Å². The molecule has 4 aliphatic carbocycles. The number of hydrogen-bond acceptors (Lipinski definition) is 3. The van der Waals surface area contributed by atoms with Gasteiger partial charge in [0.05, 0.1) is 0 Å². The molecule has 31 heavy (non-hydrogen) atoms. The molecule has 6 rings (SSSR count). The molecular weight excluding hydrogens is 451 g/mol. The molecule has 162 valence electrons. The van der Waals surface area contributed by atoms with E-state index >= 15 is 0 Å². The SMILES string of the molecule is O=C(/C=C/c1ccc(-c2cc(Cl)cc(Cl)c2)o1)NC(=S)NC1C2CC3CC(C2)CC1C3. The molecule has 2 N–H and O–H groups in total. The van der Waals surface area contributed by atoms with Crippen LogP contribution in [0.15, 0.2) is 40.8 Å². The molecule has 4 saturated carbocycles. The first-order chi connectivity index (χ1) is 14.9. The Balaban J connectivity index is 1.16. The molecule has 0 atom stereocenters. The van der Waals surface area contributed by atoms with E-state index in [1.807, 2.05) is 6.07 Å². The summed E-state index contributed by atoms with van der Waals surface area (Å²) < 4.78 is 5.79. The topological polar surface area (TPSA) is 54.3 Å². The second-order valence-corrected chi connectivity index (χ2v) is 10.4. The van der Waals surface area contributed by atoms with E-state index in [0.717, 1.165) is 17.4 Å². The highest BCUT2D eigenvalue weighted by Gasteiger charge is 2.48. The predicted octanol–water partition coefficient (Wildman–Crippen LogP) is 6.08. The minimum atomic E-state index is -0.273. The highest BCUT2D eigenvalue weighted by molar-refractivity contribution is 7.80. The quantitative estimate of drug-likeness (QED) is 0.416. The molecule has 1 heterocycles. The molecule has 1 amide bonds. The molecule has 1 aromatic carbocycles. The zero-order valence-corrected chi connectivity index (χ0v) is 19.3. The number of rotatable bonds is 4. The summed E-state index contributed by atoms with van der Waals surface area (Å²) in [5.74, 6) is 4.13. The maximum Gasteiger partial charge on any atom is 0.250 e. The summed E-state index contributed by atoms with van der Waals surface area (Å²) >= 11 is 17.5. The molecule has 4 nitrogen and oxygen atoms in total. The molecule has 0 saturated heterocycles. The molecule has 0 radical (unpaired) electrons. The number of thiocarbonyl (C=S) groups is 1. The van der Waals surface area contributed by atoms with Gasteiger partial charge in [-0.15, -0.1) is 0 Å². The third kappa shape index (κ3) is 4.69. The summed E-state index contributed by atoms with van der Waals surface area (Å²) in [4.78, 5) is 12.3. The van der Waals surface area contributed by atoms with Crippen LogP contribution in [0.2, 0.25) is 10.0 Å². The summed E-state index contributed by atoms with van der Waals surface area (Å²) in [6, 6.07) is 9.24. The summed E-state index contributed by atoms with van der Waals surface area (Å²) in [7, 11) is 0. The van der Waals surface area contributed by atoms with Crippen molar-refractivity contribution >= 4 is 52.5 Å². The van der Waals surface area contributed by atoms with Gasteiger partial charge in [-0.1, -0.05) is 23.2 Å². The Kier molecular flexibility index (Phi) is 5.84. The Morgan fingerprint density at radius 1 is 1.00 bits per heavy atom. The summed E-state index contributed by atoms with van der Waals surface area (Å²) in [6.07, 6.45) is 9.69. The number of nitrogens with one attached hydrogen (secondary N) is 2. The normalized spacial score (nSPS) is 28.8. The lowest BCUT2D eigenvalue weighted by Gasteiger charge is -2.54. The highest BCUT2D eigenvalue weighted by Crippen LogP contribution is 2.53. The Morgan fingerprint density at radius 2 is 1.65 bits per heavy atom. The number of amides is 1. The Labute approximate surface area is 197 Å². The lowest BCUT2D eigenvalue weighted by Crippen LogP contribution is -2.57. The molecule has 7 heteroatoms. The van der Waals surface area contributed by atoms with Gasteiger partial charge >= 0.3 is 0 Å². The van der Waals surface area contributed by atoms with Crippen LogP contribution >= 0.6 is 35.4 Å². The largest absolute Gasteiger partial charge is 0.457 e. The van der Waals surface area contributed by atoms with Crippen LogP contribution in [0.5, 0.6) is 0 Å². The van der Waals surface area contributed by atoms with E-state index in [4.69, 9.17) is 39.8 Å². The van der Waals surface area contributed by atoms with Crippen LogP contribution in [0, 0.1) is 23.7 Å². The van der Waals surface area contributed by atoms with Crippen LogP contribution < -0.4 is 10.6 Å². The first-order valence-electron chi connectivity index (χ1n) is 10.8. The van der Waals surface area contributed by atoms with Crippen LogP contribution in [-0.4, -0.2) is 17.1 Å². The van der Waals surface area contributed by atoms with Gasteiger partial charge in [0.1, 0.15) is 11.5 Å². The van der Waals surface area contributed by atoms with E-state index in [0.29, 0.717) is 44.6 Å². The lowest BCUT2D eigenvalue weighted by atomic mass is 9.54. The van der Waals surface area contributed by atoms with Crippen LogP contribution in [0.4, 0.5) is 0 Å². The molecule has 2 aromatic rings. The monoisotopic (exact) mass is 474 g/mol. The summed E-state index contributed by atoms with van der Waals surface area (Å²) in [6.45, 7) is 0. The molecule has 4 fully saturated rings. The van der Waals surface area contributed by atoms with Gasteiger partial charge in [-0.05, 0) is 104 Å². The Hall–Kier alpha value is -1.82. The van der Waals surface area contributed by atoms with Crippen molar-refractivity contribution in [1.82, 2.24) is 10.6 Å². The molecule has 0 aliphatic heterocycles. The Bertz CT molecular complexity index is 1000. The standard InChI is InChI=1S/C24H24Cl2N2O2S/c25-18-10-15(11-19(26)12-18)21-3-1-20(30-21)2-4-22(29)27-24(31)28-23-16-6-13-5-14(8-16)9-17(23)7-13/h1-4,10-14,16-17,23H,5-9H2,(H2,27,28,29,31)/b4-2+. The number of benzene rings is 1. The predicted molar refractivity (Wildman–Crippen MR) is 128 cm³/mol. The van der Waals surface area contributed by atoms with Crippen LogP contribution in [0.1, 0.15) is 37.9 Å². The number of furan rings is 1. The van der Waals surface area contributed by atoms with E-state index < -0.39 is 0 Å². The second-order valence-electron chi connectivity index (χ2n) is 9.11. The van der Waals surface area contributed by atoms with E-state index in [1.165, 1.54) is 38.2 Å². The van der Waals surface area contributed by atoms with Crippen molar-refractivity contribution in [2.45, 2.75) is 38.1 Å². The van der Waals surface area contributed by atoms with Crippen molar-refractivity contribution in [1.29, 1.82) is 0 Å². The highest BCUT2D eigenvalue weighted by atomic mass is 35.5. The van der Waals surface area contributed by atoms with Crippen molar-refractivity contribution < 1.29 is 9.21 Å². The van der Waals surface area contributed by atoms with Crippen LogP contribution in [0.25, 0.3) is 17.4 Å². The van der Waals surface area contributed by atoms with Crippen LogP contribution in [-0.2, 0) is 4.79 Å².